The summed E-state index contributed by atoms with van der Waals surface area (Å²) >= 11 is 0. The smallest absolute Gasteiger partial charge is 0.137 e. The third kappa shape index (κ3) is 1.31. The van der Waals surface area contributed by atoms with Crippen molar-refractivity contribution in [3.63, 3.8) is 0 Å². The molecule has 2 aromatic rings. The first-order valence-corrected chi connectivity index (χ1v) is 4.40. The Kier molecular flexibility index (Phi) is 2.02. The third-order valence-corrected chi connectivity index (χ3v) is 2.17. The maximum atomic E-state index is 4.45. The zero-order valence-electron chi connectivity index (χ0n) is 7.91. The van der Waals surface area contributed by atoms with Gasteiger partial charge in [-0.3, -0.25) is 0 Å². The molecule has 0 bridgehead atoms. The van der Waals surface area contributed by atoms with Crippen molar-refractivity contribution in [2.24, 2.45) is 0 Å². The lowest BCUT2D eigenvalue weighted by Gasteiger charge is -2.00. The van der Waals surface area contributed by atoms with E-state index >= 15 is 0 Å². The number of rotatable bonds is 2. The largest absolute Gasteiger partial charge is 0.314 e. The van der Waals surface area contributed by atoms with Crippen LogP contribution in [0.1, 0.15) is 11.4 Å². The second-order valence-electron chi connectivity index (χ2n) is 3.10. The van der Waals surface area contributed by atoms with E-state index in [4.69, 9.17) is 0 Å². The van der Waals surface area contributed by atoms with Gasteiger partial charge < -0.3 is 9.72 Å². The maximum absolute atomic E-state index is 4.45. The number of aryl methyl sites for hydroxylation is 1. The van der Waals surface area contributed by atoms with E-state index in [1.165, 1.54) is 5.69 Å². The first-order chi connectivity index (χ1) is 6.33. The van der Waals surface area contributed by atoms with E-state index in [0.29, 0.717) is 0 Å². The van der Waals surface area contributed by atoms with Gasteiger partial charge in [0.1, 0.15) is 5.65 Å². The summed E-state index contributed by atoms with van der Waals surface area (Å²) in [6, 6.07) is 6.05. The first-order valence-electron chi connectivity index (χ1n) is 4.40. The molecule has 0 aliphatic heterocycles. The molecule has 0 aromatic carbocycles. The van der Waals surface area contributed by atoms with E-state index in [2.05, 4.69) is 14.7 Å². The van der Waals surface area contributed by atoms with Crippen LogP contribution in [0.5, 0.6) is 0 Å². The molecule has 0 amide bonds. The normalized spacial score (nSPS) is 10.9. The Hall–Kier alpha value is -1.35. The molecule has 68 valence electrons. The van der Waals surface area contributed by atoms with E-state index in [0.717, 1.165) is 17.9 Å². The summed E-state index contributed by atoms with van der Waals surface area (Å²) in [4.78, 5) is 4.45. The summed E-state index contributed by atoms with van der Waals surface area (Å²) < 4.78 is 2.12. The van der Waals surface area contributed by atoms with Gasteiger partial charge in [-0.25, -0.2) is 4.98 Å². The molecular weight excluding hydrogens is 162 g/mol. The van der Waals surface area contributed by atoms with E-state index in [1.54, 1.807) is 0 Å². The van der Waals surface area contributed by atoms with Crippen molar-refractivity contribution in [1.82, 2.24) is 14.7 Å². The lowest BCUT2D eigenvalue weighted by molar-refractivity contribution is 0.775. The Morgan fingerprint density at radius 3 is 3.08 bits per heavy atom. The van der Waals surface area contributed by atoms with Gasteiger partial charge in [0, 0.05) is 12.7 Å². The third-order valence-electron chi connectivity index (χ3n) is 2.17. The molecule has 13 heavy (non-hydrogen) atoms. The zero-order chi connectivity index (χ0) is 9.26. The highest BCUT2D eigenvalue weighted by Gasteiger charge is 2.05. The van der Waals surface area contributed by atoms with Crippen LogP contribution in [0, 0.1) is 6.92 Å². The van der Waals surface area contributed by atoms with Crippen LogP contribution in [-0.4, -0.2) is 16.4 Å². The molecule has 0 aliphatic rings. The van der Waals surface area contributed by atoms with Gasteiger partial charge in [-0.2, -0.15) is 0 Å². The average Bonchev–Trinajstić information content (AvgIpc) is 2.44. The predicted octanol–water partition coefficient (Wildman–Crippen LogP) is 1.36. The standard InChI is InChI=1S/C10H13N3/c1-8-9(7-11-2)13-6-4-3-5-10(13)12-8/h3-6,11H,7H2,1-2H3. The second kappa shape index (κ2) is 3.18. The van der Waals surface area contributed by atoms with Crippen LogP contribution in [0.25, 0.3) is 5.65 Å². The van der Waals surface area contributed by atoms with Crippen LogP contribution in [0.3, 0.4) is 0 Å². The molecule has 0 unspecified atom stereocenters. The van der Waals surface area contributed by atoms with E-state index in [1.807, 2.05) is 38.4 Å². The molecule has 3 heteroatoms. The monoisotopic (exact) mass is 175 g/mol. The highest BCUT2D eigenvalue weighted by Crippen LogP contribution is 2.10. The minimum atomic E-state index is 0.858. The molecule has 2 rings (SSSR count). The minimum absolute atomic E-state index is 0.858. The molecule has 3 nitrogen and oxygen atoms in total. The molecule has 1 N–H and O–H groups in total. The molecule has 0 spiro atoms. The Morgan fingerprint density at radius 1 is 1.46 bits per heavy atom. The van der Waals surface area contributed by atoms with Crippen LogP contribution < -0.4 is 5.32 Å². The number of imidazole rings is 1. The summed E-state index contributed by atoms with van der Waals surface area (Å²) in [6.45, 7) is 2.90. The van der Waals surface area contributed by atoms with Crippen LogP contribution in [0.2, 0.25) is 0 Å². The molecule has 2 aromatic heterocycles. The van der Waals surface area contributed by atoms with Gasteiger partial charge in [-0.05, 0) is 26.1 Å². The molecule has 0 radical (unpaired) electrons. The summed E-state index contributed by atoms with van der Waals surface area (Å²) in [5, 5.41) is 3.14. The molecule has 2 heterocycles. The number of nitrogens with one attached hydrogen (secondary N) is 1. The topological polar surface area (TPSA) is 29.3 Å². The quantitative estimate of drug-likeness (QED) is 0.746. The molecule has 0 saturated carbocycles. The molecule has 0 saturated heterocycles. The fourth-order valence-electron chi connectivity index (χ4n) is 1.54. The molecule has 0 fully saturated rings. The van der Waals surface area contributed by atoms with E-state index in [-0.39, 0.29) is 0 Å². The highest BCUT2D eigenvalue weighted by molar-refractivity contribution is 5.42. The summed E-state index contributed by atoms with van der Waals surface area (Å²) in [5.41, 5.74) is 3.35. The van der Waals surface area contributed by atoms with E-state index < -0.39 is 0 Å². The Morgan fingerprint density at radius 2 is 2.31 bits per heavy atom. The molecule has 0 atom stereocenters. The molecular formula is C10H13N3. The van der Waals surface area contributed by atoms with Gasteiger partial charge in [0.2, 0.25) is 0 Å². The number of pyridine rings is 1. The van der Waals surface area contributed by atoms with Gasteiger partial charge in [0.25, 0.3) is 0 Å². The van der Waals surface area contributed by atoms with Crippen LogP contribution in [0.4, 0.5) is 0 Å². The van der Waals surface area contributed by atoms with Crippen molar-refractivity contribution in [3.8, 4) is 0 Å². The van der Waals surface area contributed by atoms with Crippen molar-refractivity contribution < 1.29 is 0 Å². The van der Waals surface area contributed by atoms with Crippen molar-refractivity contribution >= 4 is 5.65 Å². The number of hydrogen-bond acceptors (Lipinski definition) is 2. The van der Waals surface area contributed by atoms with Gasteiger partial charge in [0.05, 0.1) is 11.4 Å². The fraction of sp³-hybridized carbons (Fsp3) is 0.300. The van der Waals surface area contributed by atoms with Gasteiger partial charge >= 0.3 is 0 Å². The number of fused-ring (bicyclic) bond motifs is 1. The summed E-state index contributed by atoms with van der Waals surface area (Å²) in [6.07, 6.45) is 2.04. The minimum Gasteiger partial charge on any atom is -0.314 e. The predicted molar refractivity (Wildman–Crippen MR) is 52.7 cm³/mol. The van der Waals surface area contributed by atoms with Gasteiger partial charge in [-0.15, -0.1) is 0 Å². The SMILES string of the molecule is CNCc1c(C)nc2ccccn12. The number of nitrogens with zero attached hydrogens (tertiary/aromatic N) is 2. The zero-order valence-corrected chi connectivity index (χ0v) is 7.91. The van der Waals surface area contributed by atoms with Crippen LogP contribution >= 0.6 is 0 Å². The Bertz CT molecular complexity index is 417. The van der Waals surface area contributed by atoms with Crippen molar-refractivity contribution in [2.75, 3.05) is 7.05 Å². The summed E-state index contributed by atoms with van der Waals surface area (Å²) in [7, 11) is 1.95. The van der Waals surface area contributed by atoms with Crippen molar-refractivity contribution in [3.05, 3.63) is 35.8 Å². The lowest BCUT2D eigenvalue weighted by Crippen LogP contribution is -2.08. The number of aromatic nitrogens is 2. The van der Waals surface area contributed by atoms with E-state index in [9.17, 15) is 0 Å². The Labute approximate surface area is 77.4 Å². The fourth-order valence-corrected chi connectivity index (χ4v) is 1.54. The molecule has 0 aliphatic carbocycles. The second-order valence-corrected chi connectivity index (χ2v) is 3.10. The van der Waals surface area contributed by atoms with Gasteiger partial charge in [-0.1, -0.05) is 6.07 Å². The first kappa shape index (κ1) is 8.26. The van der Waals surface area contributed by atoms with Gasteiger partial charge in [0.15, 0.2) is 0 Å². The van der Waals surface area contributed by atoms with Crippen LogP contribution in [-0.2, 0) is 6.54 Å². The lowest BCUT2D eigenvalue weighted by atomic mass is 10.3. The Balaban J connectivity index is 2.64. The highest BCUT2D eigenvalue weighted by atomic mass is 15.0. The average molecular weight is 175 g/mol. The van der Waals surface area contributed by atoms with Crippen molar-refractivity contribution in [1.29, 1.82) is 0 Å². The number of hydrogen-bond donors (Lipinski definition) is 1. The summed E-state index contributed by atoms with van der Waals surface area (Å²) in [5.74, 6) is 0. The van der Waals surface area contributed by atoms with Crippen molar-refractivity contribution in [2.45, 2.75) is 13.5 Å². The van der Waals surface area contributed by atoms with Crippen LogP contribution in [0.15, 0.2) is 24.4 Å². The maximum Gasteiger partial charge on any atom is 0.137 e.